The van der Waals surface area contributed by atoms with Crippen molar-refractivity contribution in [1.29, 1.82) is 0 Å². The molecule has 1 aliphatic heterocycles. The summed E-state index contributed by atoms with van der Waals surface area (Å²) < 4.78 is 13.1. The Balaban J connectivity index is 1.55. The van der Waals surface area contributed by atoms with E-state index in [1.807, 2.05) is 53.6 Å². The van der Waals surface area contributed by atoms with Gasteiger partial charge in [-0.1, -0.05) is 6.07 Å². The first kappa shape index (κ1) is 19.2. The number of hydrogen-bond acceptors (Lipinski definition) is 5. The molecule has 0 aliphatic carbocycles. The zero-order valence-electron chi connectivity index (χ0n) is 17.1. The van der Waals surface area contributed by atoms with Crippen LogP contribution in [0.3, 0.4) is 0 Å². The van der Waals surface area contributed by atoms with Crippen LogP contribution in [0, 0.1) is 13.8 Å². The maximum Gasteiger partial charge on any atom is 0.261 e. The summed E-state index contributed by atoms with van der Waals surface area (Å²) in [4.78, 5) is 19.4. The van der Waals surface area contributed by atoms with E-state index in [1.165, 1.54) is 0 Å². The van der Waals surface area contributed by atoms with Gasteiger partial charge in [0.05, 0.1) is 24.5 Å². The molecular formula is C22H26N4O3. The molecule has 4 rings (SSSR count). The molecule has 0 saturated carbocycles. The average Bonchev–Trinajstić information content (AvgIpc) is 3.12. The lowest BCUT2D eigenvalue weighted by Gasteiger charge is -2.35. The van der Waals surface area contributed by atoms with Crippen molar-refractivity contribution in [3.8, 4) is 11.5 Å². The summed E-state index contributed by atoms with van der Waals surface area (Å²) in [6, 6.07) is 9.56. The molecule has 1 amide bonds. The van der Waals surface area contributed by atoms with Gasteiger partial charge in [-0.2, -0.15) is 5.10 Å². The third-order valence-electron chi connectivity index (χ3n) is 5.34. The van der Waals surface area contributed by atoms with Crippen molar-refractivity contribution in [2.45, 2.75) is 39.2 Å². The van der Waals surface area contributed by atoms with Crippen molar-refractivity contribution < 1.29 is 14.3 Å². The molecule has 3 aromatic rings. The number of amides is 1. The summed E-state index contributed by atoms with van der Waals surface area (Å²) in [5.41, 5.74) is 3.78. The number of likely N-dealkylation sites (tertiary alicyclic amines) is 1. The number of aromatic nitrogens is 3. The second-order valence-electron chi connectivity index (χ2n) is 7.47. The van der Waals surface area contributed by atoms with E-state index >= 15 is 0 Å². The first-order valence-corrected chi connectivity index (χ1v) is 9.95. The zero-order valence-corrected chi connectivity index (χ0v) is 17.1. The fourth-order valence-electron chi connectivity index (χ4n) is 3.93. The van der Waals surface area contributed by atoms with Crippen molar-refractivity contribution >= 4 is 11.6 Å². The quantitative estimate of drug-likeness (QED) is 0.663. The van der Waals surface area contributed by atoms with E-state index in [2.05, 4.69) is 10.1 Å². The average molecular weight is 394 g/mol. The highest BCUT2D eigenvalue weighted by atomic mass is 16.5. The van der Waals surface area contributed by atoms with Crippen LogP contribution in [-0.2, 0) is 4.79 Å². The van der Waals surface area contributed by atoms with E-state index in [0.717, 1.165) is 41.9 Å². The van der Waals surface area contributed by atoms with Crippen LogP contribution in [0.1, 0.15) is 42.3 Å². The second kappa shape index (κ2) is 8.11. The number of ether oxygens (including phenoxy) is 2. The van der Waals surface area contributed by atoms with Crippen molar-refractivity contribution in [3.05, 3.63) is 53.5 Å². The standard InChI is InChI=1S/C22H26N4O3/c1-15-7-8-19(20(12-15)28-3)29-14-22(27)25-11-5-4-6-17(25)18-9-10-23-21-13-16(2)24-26(18)21/h7-10,12-13,17H,4-6,11,14H2,1-3H3. The molecule has 0 N–H and O–H groups in total. The molecule has 3 heterocycles. The minimum absolute atomic E-state index is 0.0255. The van der Waals surface area contributed by atoms with Gasteiger partial charge in [0.15, 0.2) is 23.8 Å². The third kappa shape index (κ3) is 3.90. The molecule has 1 atom stereocenters. The molecule has 0 spiro atoms. The van der Waals surface area contributed by atoms with Crippen LogP contribution in [0.4, 0.5) is 0 Å². The van der Waals surface area contributed by atoms with Crippen LogP contribution >= 0.6 is 0 Å². The molecule has 1 aromatic carbocycles. The molecular weight excluding hydrogens is 368 g/mol. The van der Waals surface area contributed by atoms with Gasteiger partial charge in [0.2, 0.25) is 0 Å². The molecule has 7 nitrogen and oxygen atoms in total. The predicted octanol–water partition coefficient (Wildman–Crippen LogP) is 3.49. The van der Waals surface area contributed by atoms with Crippen LogP contribution in [0.25, 0.3) is 5.65 Å². The first-order chi connectivity index (χ1) is 14.1. The van der Waals surface area contributed by atoms with Gasteiger partial charge in [-0.3, -0.25) is 4.79 Å². The minimum Gasteiger partial charge on any atom is -0.493 e. The Morgan fingerprint density at radius 1 is 1.17 bits per heavy atom. The van der Waals surface area contributed by atoms with Gasteiger partial charge >= 0.3 is 0 Å². The SMILES string of the molecule is COc1cc(C)ccc1OCC(=O)N1CCCCC1c1ccnc2cc(C)nn12. The van der Waals surface area contributed by atoms with Crippen molar-refractivity contribution in [2.75, 3.05) is 20.3 Å². The molecule has 0 bridgehead atoms. The number of carbonyl (C=O) groups is 1. The van der Waals surface area contributed by atoms with E-state index in [0.29, 0.717) is 18.0 Å². The largest absolute Gasteiger partial charge is 0.493 e. The van der Waals surface area contributed by atoms with E-state index in [4.69, 9.17) is 9.47 Å². The topological polar surface area (TPSA) is 69.0 Å². The van der Waals surface area contributed by atoms with Gasteiger partial charge in [-0.15, -0.1) is 0 Å². The molecule has 29 heavy (non-hydrogen) atoms. The molecule has 1 unspecified atom stereocenters. The van der Waals surface area contributed by atoms with E-state index in [1.54, 1.807) is 13.3 Å². The number of piperidine rings is 1. The minimum atomic E-state index is -0.0374. The lowest BCUT2D eigenvalue weighted by Crippen LogP contribution is -2.41. The lowest BCUT2D eigenvalue weighted by molar-refractivity contribution is -0.137. The fraction of sp³-hybridized carbons (Fsp3) is 0.409. The molecule has 1 saturated heterocycles. The first-order valence-electron chi connectivity index (χ1n) is 9.95. The van der Waals surface area contributed by atoms with Crippen molar-refractivity contribution in [2.24, 2.45) is 0 Å². The molecule has 2 aromatic heterocycles. The maximum absolute atomic E-state index is 13.1. The Bertz CT molecular complexity index is 1030. The second-order valence-corrected chi connectivity index (χ2v) is 7.47. The monoisotopic (exact) mass is 394 g/mol. The smallest absolute Gasteiger partial charge is 0.261 e. The van der Waals surface area contributed by atoms with Gasteiger partial charge in [0.25, 0.3) is 5.91 Å². The molecule has 1 aliphatic rings. The zero-order chi connectivity index (χ0) is 20.4. The summed E-state index contributed by atoms with van der Waals surface area (Å²) in [5, 5.41) is 4.57. The van der Waals surface area contributed by atoms with Crippen molar-refractivity contribution in [3.63, 3.8) is 0 Å². The van der Waals surface area contributed by atoms with Gasteiger partial charge in [0.1, 0.15) is 0 Å². The predicted molar refractivity (Wildman–Crippen MR) is 109 cm³/mol. The van der Waals surface area contributed by atoms with Gasteiger partial charge < -0.3 is 14.4 Å². The van der Waals surface area contributed by atoms with Crippen LogP contribution in [0.15, 0.2) is 36.5 Å². The highest BCUT2D eigenvalue weighted by Gasteiger charge is 2.30. The van der Waals surface area contributed by atoms with Crippen molar-refractivity contribution in [1.82, 2.24) is 19.5 Å². The summed E-state index contributed by atoms with van der Waals surface area (Å²) in [6.45, 7) is 4.62. The number of hydrogen-bond donors (Lipinski definition) is 0. The Labute approximate surface area is 170 Å². The summed E-state index contributed by atoms with van der Waals surface area (Å²) in [6.07, 6.45) is 4.75. The van der Waals surface area contributed by atoms with Crippen LogP contribution in [0.5, 0.6) is 11.5 Å². The normalized spacial score (nSPS) is 16.8. The third-order valence-corrected chi connectivity index (χ3v) is 5.34. The Hall–Kier alpha value is -3.09. The number of rotatable bonds is 5. The highest BCUT2D eigenvalue weighted by molar-refractivity contribution is 5.78. The van der Waals surface area contributed by atoms with Crippen LogP contribution in [0.2, 0.25) is 0 Å². The number of methoxy groups -OCH3 is 1. The van der Waals surface area contributed by atoms with Gasteiger partial charge in [0, 0.05) is 18.8 Å². The lowest BCUT2D eigenvalue weighted by atomic mass is 9.99. The molecule has 7 heteroatoms. The van der Waals surface area contributed by atoms with Gasteiger partial charge in [-0.05, 0) is 56.9 Å². The van der Waals surface area contributed by atoms with E-state index in [9.17, 15) is 4.79 Å². The van der Waals surface area contributed by atoms with E-state index < -0.39 is 0 Å². The van der Waals surface area contributed by atoms with Gasteiger partial charge in [-0.25, -0.2) is 9.50 Å². The Morgan fingerprint density at radius 3 is 2.86 bits per heavy atom. The summed E-state index contributed by atoms with van der Waals surface area (Å²) in [5.74, 6) is 1.18. The number of benzene rings is 1. The van der Waals surface area contributed by atoms with Crippen LogP contribution < -0.4 is 9.47 Å². The Kier molecular flexibility index (Phi) is 5.38. The molecule has 0 radical (unpaired) electrons. The number of carbonyl (C=O) groups excluding carboxylic acids is 1. The summed E-state index contributed by atoms with van der Waals surface area (Å²) in [7, 11) is 1.60. The Morgan fingerprint density at radius 2 is 2.03 bits per heavy atom. The number of nitrogens with zero attached hydrogens (tertiary/aromatic N) is 4. The molecule has 152 valence electrons. The maximum atomic E-state index is 13.1. The number of aryl methyl sites for hydroxylation is 2. The molecule has 1 fully saturated rings. The fourth-order valence-corrected chi connectivity index (χ4v) is 3.93. The number of fused-ring (bicyclic) bond motifs is 1. The summed E-state index contributed by atoms with van der Waals surface area (Å²) >= 11 is 0. The van der Waals surface area contributed by atoms with Crippen LogP contribution in [-0.4, -0.2) is 45.7 Å². The highest BCUT2D eigenvalue weighted by Crippen LogP contribution is 2.32. The van der Waals surface area contributed by atoms with E-state index in [-0.39, 0.29) is 18.6 Å².